The molecule has 6 nitrogen and oxygen atoms in total. The average molecular weight is 290 g/mol. The lowest BCUT2D eigenvalue weighted by Crippen LogP contribution is -2.29. The quantitative estimate of drug-likeness (QED) is 0.780. The third kappa shape index (κ3) is 2.71. The van der Waals surface area contributed by atoms with Crippen LogP contribution in [-0.2, 0) is 20.7 Å². The largest absolute Gasteiger partial charge is 0.467 e. The number of amides is 1. The van der Waals surface area contributed by atoms with E-state index in [2.05, 4.69) is 10.1 Å². The van der Waals surface area contributed by atoms with Crippen LogP contribution < -0.4 is 10.2 Å². The molecule has 0 bridgehead atoms. The molecule has 3 rings (SSSR count). The number of benzene rings is 1. The third-order valence-electron chi connectivity index (χ3n) is 3.83. The van der Waals surface area contributed by atoms with Gasteiger partial charge in [0.2, 0.25) is 5.91 Å². The first-order chi connectivity index (χ1) is 10.1. The summed E-state index contributed by atoms with van der Waals surface area (Å²) in [5.41, 5.74) is 2.76. The number of aliphatic hydroxyl groups excluding tert-OH is 1. The number of carbonyl (C=O) groups is 2. The number of hydrogen-bond acceptors (Lipinski definition) is 5. The van der Waals surface area contributed by atoms with Gasteiger partial charge in [-0.3, -0.25) is 4.79 Å². The van der Waals surface area contributed by atoms with Crippen molar-refractivity contribution in [3.63, 3.8) is 0 Å². The van der Waals surface area contributed by atoms with Crippen molar-refractivity contribution in [1.82, 2.24) is 0 Å². The fourth-order valence-electron chi connectivity index (χ4n) is 2.62. The highest BCUT2D eigenvalue weighted by molar-refractivity contribution is 6.02. The van der Waals surface area contributed by atoms with Crippen molar-refractivity contribution in [3.05, 3.63) is 23.8 Å². The number of carbonyl (C=O) groups excluding carboxylic acids is 2. The minimum atomic E-state index is -1.20. The summed E-state index contributed by atoms with van der Waals surface area (Å²) < 4.78 is 4.46. The van der Waals surface area contributed by atoms with E-state index in [0.717, 1.165) is 29.8 Å². The van der Waals surface area contributed by atoms with Gasteiger partial charge in [0.1, 0.15) is 0 Å². The van der Waals surface area contributed by atoms with Gasteiger partial charge >= 0.3 is 5.97 Å². The van der Waals surface area contributed by atoms with Gasteiger partial charge in [0.05, 0.1) is 20.1 Å². The van der Waals surface area contributed by atoms with Crippen molar-refractivity contribution in [2.24, 2.45) is 0 Å². The van der Waals surface area contributed by atoms with E-state index in [-0.39, 0.29) is 12.5 Å². The zero-order chi connectivity index (χ0) is 15.0. The number of aliphatic hydroxyl groups is 1. The Hall–Kier alpha value is -2.08. The van der Waals surface area contributed by atoms with E-state index >= 15 is 0 Å². The van der Waals surface area contributed by atoms with E-state index in [0.29, 0.717) is 12.5 Å². The smallest absolute Gasteiger partial charge is 0.336 e. The highest BCUT2D eigenvalue weighted by atomic mass is 16.5. The molecule has 0 aromatic heterocycles. The molecule has 2 aliphatic rings. The molecule has 1 aliphatic heterocycles. The Morgan fingerprint density at radius 2 is 2.29 bits per heavy atom. The number of nitrogens with one attached hydrogen (secondary N) is 1. The standard InChI is InChI=1S/C15H18N2O4/c1-21-15(20)13(18)8-16-10-2-5-12-9(6-10)7-14(19)17(12)11-3-4-11/h2,5-6,11,13,16,18H,3-4,7-8H2,1H3/t13-/m1/s1. The summed E-state index contributed by atoms with van der Waals surface area (Å²) in [5.74, 6) is -0.516. The van der Waals surface area contributed by atoms with Crippen LogP contribution in [0.1, 0.15) is 18.4 Å². The Kier molecular flexibility index (Phi) is 3.55. The van der Waals surface area contributed by atoms with Crippen molar-refractivity contribution < 1.29 is 19.4 Å². The molecule has 1 heterocycles. The summed E-state index contributed by atoms with van der Waals surface area (Å²) in [4.78, 5) is 25.0. The van der Waals surface area contributed by atoms with Gasteiger partial charge in [-0.25, -0.2) is 4.79 Å². The maximum absolute atomic E-state index is 12.0. The van der Waals surface area contributed by atoms with Crippen LogP contribution in [0.4, 0.5) is 11.4 Å². The molecule has 2 N–H and O–H groups in total. The molecule has 6 heteroatoms. The van der Waals surface area contributed by atoms with E-state index in [1.165, 1.54) is 7.11 Å². The van der Waals surface area contributed by atoms with Crippen LogP contribution in [-0.4, -0.2) is 42.8 Å². The molecular weight excluding hydrogens is 272 g/mol. The van der Waals surface area contributed by atoms with Crippen molar-refractivity contribution >= 4 is 23.3 Å². The van der Waals surface area contributed by atoms with Crippen LogP contribution >= 0.6 is 0 Å². The molecule has 1 atom stereocenters. The summed E-state index contributed by atoms with van der Waals surface area (Å²) in [6.07, 6.45) is 1.38. The van der Waals surface area contributed by atoms with E-state index < -0.39 is 12.1 Å². The van der Waals surface area contributed by atoms with E-state index in [9.17, 15) is 14.7 Å². The predicted molar refractivity (Wildman–Crippen MR) is 77.2 cm³/mol. The van der Waals surface area contributed by atoms with Gasteiger partial charge in [0.25, 0.3) is 0 Å². The highest BCUT2D eigenvalue weighted by Crippen LogP contribution is 2.39. The van der Waals surface area contributed by atoms with E-state index in [1.54, 1.807) is 0 Å². The second-order valence-corrected chi connectivity index (χ2v) is 5.44. The second kappa shape index (κ2) is 5.37. The number of hydrogen-bond donors (Lipinski definition) is 2. The zero-order valence-electron chi connectivity index (χ0n) is 11.8. The molecule has 112 valence electrons. The molecule has 21 heavy (non-hydrogen) atoms. The van der Waals surface area contributed by atoms with Crippen molar-refractivity contribution in [1.29, 1.82) is 0 Å². The molecule has 1 amide bonds. The Balaban J connectivity index is 1.68. The van der Waals surface area contributed by atoms with Crippen LogP contribution in [0, 0.1) is 0 Å². The summed E-state index contributed by atoms with van der Waals surface area (Å²) >= 11 is 0. The lowest BCUT2D eigenvalue weighted by atomic mass is 10.1. The maximum Gasteiger partial charge on any atom is 0.336 e. The molecule has 0 radical (unpaired) electrons. The Morgan fingerprint density at radius 1 is 1.52 bits per heavy atom. The Morgan fingerprint density at radius 3 is 2.95 bits per heavy atom. The molecular formula is C15H18N2O4. The Labute approximate surface area is 122 Å². The predicted octanol–water partition coefficient (Wildman–Crippen LogP) is 0.684. The fraction of sp³-hybridized carbons (Fsp3) is 0.467. The second-order valence-electron chi connectivity index (χ2n) is 5.44. The first-order valence-electron chi connectivity index (χ1n) is 7.05. The number of esters is 1. The Bertz CT molecular complexity index is 583. The van der Waals surface area contributed by atoms with Gasteiger partial charge in [-0.15, -0.1) is 0 Å². The number of methoxy groups -OCH3 is 1. The van der Waals surface area contributed by atoms with Gasteiger partial charge in [0.15, 0.2) is 6.10 Å². The van der Waals surface area contributed by atoms with Crippen molar-refractivity contribution in [2.75, 3.05) is 23.9 Å². The van der Waals surface area contributed by atoms with Crippen molar-refractivity contribution in [3.8, 4) is 0 Å². The molecule has 0 spiro atoms. The molecule has 1 fully saturated rings. The van der Waals surface area contributed by atoms with Gasteiger partial charge in [0, 0.05) is 17.4 Å². The normalized spacial score (nSPS) is 18.4. The lowest BCUT2D eigenvalue weighted by Gasteiger charge is -2.17. The van der Waals surface area contributed by atoms with Gasteiger partial charge < -0.3 is 20.1 Å². The van der Waals surface area contributed by atoms with Gasteiger partial charge in [-0.2, -0.15) is 0 Å². The number of ether oxygens (including phenoxy) is 1. The fourth-order valence-corrected chi connectivity index (χ4v) is 2.62. The molecule has 0 unspecified atom stereocenters. The van der Waals surface area contributed by atoms with Crippen LogP contribution in [0.25, 0.3) is 0 Å². The van der Waals surface area contributed by atoms with E-state index in [4.69, 9.17) is 0 Å². The molecule has 0 saturated heterocycles. The van der Waals surface area contributed by atoms with Gasteiger partial charge in [-0.05, 0) is 36.6 Å². The third-order valence-corrected chi connectivity index (χ3v) is 3.83. The summed E-state index contributed by atoms with van der Waals surface area (Å²) in [6, 6.07) is 6.06. The minimum absolute atomic E-state index is 0.0751. The topological polar surface area (TPSA) is 78.9 Å². The molecule has 1 saturated carbocycles. The highest BCUT2D eigenvalue weighted by Gasteiger charge is 2.38. The molecule has 1 aromatic rings. The summed E-state index contributed by atoms with van der Waals surface area (Å²) in [6.45, 7) is 0.0751. The first kappa shape index (κ1) is 13.9. The SMILES string of the molecule is COC(=O)[C@H](O)CNc1ccc2c(c1)CC(=O)N2C1CC1. The van der Waals surface area contributed by atoms with Crippen LogP contribution in [0.5, 0.6) is 0 Å². The summed E-state index contributed by atoms with van der Waals surface area (Å²) in [7, 11) is 1.24. The minimum Gasteiger partial charge on any atom is -0.467 e. The zero-order valence-corrected chi connectivity index (χ0v) is 11.8. The van der Waals surface area contributed by atoms with Crippen LogP contribution in [0.3, 0.4) is 0 Å². The number of nitrogens with zero attached hydrogens (tertiary/aromatic N) is 1. The summed E-state index contributed by atoms with van der Waals surface area (Å²) in [5, 5.41) is 12.5. The lowest BCUT2D eigenvalue weighted by molar-refractivity contribution is -0.149. The van der Waals surface area contributed by atoms with E-state index in [1.807, 2.05) is 23.1 Å². The molecule has 1 aromatic carbocycles. The number of rotatable bonds is 5. The van der Waals surface area contributed by atoms with Crippen molar-refractivity contribution in [2.45, 2.75) is 31.4 Å². The van der Waals surface area contributed by atoms with Gasteiger partial charge in [-0.1, -0.05) is 0 Å². The van der Waals surface area contributed by atoms with Crippen LogP contribution in [0.15, 0.2) is 18.2 Å². The number of anilines is 2. The maximum atomic E-state index is 12.0. The monoisotopic (exact) mass is 290 g/mol. The average Bonchev–Trinajstić information content (AvgIpc) is 3.26. The first-order valence-corrected chi connectivity index (χ1v) is 7.05. The van der Waals surface area contributed by atoms with Crippen LogP contribution in [0.2, 0.25) is 0 Å². The number of fused-ring (bicyclic) bond motifs is 1. The molecule has 1 aliphatic carbocycles.